The number of anilines is 1. The molecule has 0 unspecified atom stereocenters. The second-order valence-electron chi connectivity index (χ2n) is 11.4. The molecule has 2 aromatic rings. The molecule has 1 aliphatic carbocycles. The number of aliphatic hydroxyl groups excluding tert-OH is 1. The Morgan fingerprint density at radius 2 is 1.57 bits per heavy atom. The number of aryl methyl sites for hydroxylation is 2. The van der Waals surface area contributed by atoms with E-state index in [1.165, 1.54) is 22.3 Å². The number of rotatable bonds is 6. The molecular weight excluding hydrogens is 505 g/mol. The zero-order valence-electron chi connectivity index (χ0n) is 22.0. The summed E-state index contributed by atoms with van der Waals surface area (Å²) in [5.74, 6) is 0.812. The summed E-state index contributed by atoms with van der Waals surface area (Å²) < 4.78 is 0. The van der Waals surface area contributed by atoms with Crippen molar-refractivity contribution in [3.63, 3.8) is 0 Å². The minimum Gasteiger partial charge on any atom is -0.393 e. The topological polar surface area (TPSA) is 55.8 Å². The molecule has 3 aliphatic rings. The van der Waals surface area contributed by atoms with E-state index in [2.05, 4.69) is 41.1 Å². The number of carbonyl (C=O) groups excluding carboxylic acids is 1. The van der Waals surface area contributed by atoms with E-state index in [0.29, 0.717) is 16.0 Å². The number of piperidine rings is 1. The third kappa shape index (κ3) is 6.11. The van der Waals surface area contributed by atoms with Gasteiger partial charge in [-0.15, -0.1) is 0 Å². The highest BCUT2D eigenvalue weighted by Crippen LogP contribution is 2.40. The second-order valence-corrected chi connectivity index (χ2v) is 12.2. The molecule has 2 heterocycles. The van der Waals surface area contributed by atoms with Gasteiger partial charge in [0.2, 0.25) is 5.91 Å². The molecule has 3 fully saturated rings. The first kappa shape index (κ1) is 26.8. The maximum atomic E-state index is 12.8. The molecule has 2 aromatic carbocycles. The fourth-order valence-corrected chi connectivity index (χ4v) is 6.93. The van der Waals surface area contributed by atoms with E-state index in [9.17, 15) is 9.90 Å². The lowest BCUT2D eigenvalue weighted by atomic mass is 9.86. The summed E-state index contributed by atoms with van der Waals surface area (Å²) >= 11 is 12.8. The molecule has 0 bridgehead atoms. The summed E-state index contributed by atoms with van der Waals surface area (Å²) in [5, 5.41) is 14.4. The van der Waals surface area contributed by atoms with Crippen LogP contribution in [0.1, 0.15) is 66.7 Å². The second kappa shape index (κ2) is 11.5. The van der Waals surface area contributed by atoms with Crippen molar-refractivity contribution in [2.75, 3.05) is 31.1 Å². The van der Waals surface area contributed by atoms with Crippen LogP contribution >= 0.6 is 23.2 Å². The summed E-state index contributed by atoms with van der Waals surface area (Å²) in [5.41, 5.74) is 6.45. The highest BCUT2D eigenvalue weighted by atomic mass is 35.5. The molecule has 200 valence electrons. The van der Waals surface area contributed by atoms with E-state index in [4.69, 9.17) is 23.2 Å². The van der Waals surface area contributed by atoms with Gasteiger partial charge in [-0.25, -0.2) is 0 Å². The van der Waals surface area contributed by atoms with Crippen molar-refractivity contribution in [1.29, 1.82) is 0 Å². The molecule has 2 aliphatic heterocycles. The van der Waals surface area contributed by atoms with Crippen molar-refractivity contribution in [2.45, 2.75) is 77.0 Å². The van der Waals surface area contributed by atoms with Crippen LogP contribution in [0.5, 0.6) is 0 Å². The zero-order chi connectivity index (χ0) is 26.1. The van der Waals surface area contributed by atoms with Gasteiger partial charge in [0, 0.05) is 37.5 Å². The van der Waals surface area contributed by atoms with E-state index in [-0.39, 0.29) is 24.0 Å². The van der Waals surface area contributed by atoms with Crippen LogP contribution in [0.4, 0.5) is 5.69 Å². The number of hydrogen-bond donors (Lipinski definition) is 2. The Morgan fingerprint density at radius 1 is 0.973 bits per heavy atom. The predicted octanol–water partition coefficient (Wildman–Crippen LogP) is 5.85. The molecule has 7 heteroatoms. The molecular formula is C30H39Cl2N3O2. The number of para-hydroxylation sites is 1. The van der Waals surface area contributed by atoms with Crippen LogP contribution in [0.15, 0.2) is 30.3 Å². The first-order valence-electron chi connectivity index (χ1n) is 13.8. The minimum absolute atomic E-state index is 0.112. The first-order valence-corrected chi connectivity index (χ1v) is 14.5. The molecule has 5 rings (SSSR count). The van der Waals surface area contributed by atoms with Gasteiger partial charge in [-0.05, 0) is 99.8 Å². The number of hydrogen-bond acceptors (Lipinski definition) is 4. The van der Waals surface area contributed by atoms with E-state index in [1.807, 2.05) is 18.2 Å². The van der Waals surface area contributed by atoms with Crippen molar-refractivity contribution in [1.82, 2.24) is 10.2 Å². The summed E-state index contributed by atoms with van der Waals surface area (Å²) in [6.45, 7) is 9.18. The average Bonchev–Trinajstić information content (AvgIpc) is 2.84. The average molecular weight is 545 g/mol. The number of amides is 1. The van der Waals surface area contributed by atoms with Crippen LogP contribution in [-0.4, -0.2) is 54.2 Å². The van der Waals surface area contributed by atoms with E-state index in [1.54, 1.807) is 0 Å². The fraction of sp³-hybridized carbons (Fsp3) is 0.567. The third-order valence-corrected chi connectivity index (χ3v) is 9.32. The number of likely N-dealkylation sites (tertiary alicyclic amines) is 1. The summed E-state index contributed by atoms with van der Waals surface area (Å²) in [6, 6.07) is 10.6. The van der Waals surface area contributed by atoms with Gasteiger partial charge in [0.1, 0.15) is 0 Å². The predicted molar refractivity (Wildman–Crippen MR) is 152 cm³/mol. The van der Waals surface area contributed by atoms with E-state index < -0.39 is 0 Å². The quantitative estimate of drug-likeness (QED) is 0.480. The van der Waals surface area contributed by atoms with Crippen LogP contribution < -0.4 is 10.2 Å². The van der Waals surface area contributed by atoms with Crippen LogP contribution in [0, 0.1) is 19.8 Å². The largest absolute Gasteiger partial charge is 0.393 e. The Morgan fingerprint density at radius 3 is 2.16 bits per heavy atom. The van der Waals surface area contributed by atoms with Gasteiger partial charge in [-0.3, -0.25) is 9.69 Å². The molecule has 1 amide bonds. The summed E-state index contributed by atoms with van der Waals surface area (Å²) in [7, 11) is 0. The molecule has 0 radical (unpaired) electrons. The highest BCUT2D eigenvalue weighted by Gasteiger charge is 2.32. The third-order valence-electron chi connectivity index (χ3n) is 8.71. The normalized spacial score (nSPS) is 23.6. The Hall–Kier alpha value is -1.79. The zero-order valence-corrected chi connectivity index (χ0v) is 23.5. The van der Waals surface area contributed by atoms with Gasteiger partial charge in [0.25, 0.3) is 0 Å². The Labute approximate surface area is 231 Å². The fourth-order valence-electron chi connectivity index (χ4n) is 6.29. The molecule has 5 nitrogen and oxygen atoms in total. The monoisotopic (exact) mass is 543 g/mol. The Kier molecular flexibility index (Phi) is 8.35. The van der Waals surface area contributed by atoms with Crippen molar-refractivity contribution in [2.24, 2.45) is 5.92 Å². The molecule has 37 heavy (non-hydrogen) atoms. The number of benzene rings is 2. The number of nitrogens with zero attached hydrogens (tertiary/aromatic N) is 2. The van der Waals surface area contributed by atoms with Crippen LogP contribution in [0.25, 0.3) is 0 Å². The number of halogens is 2. The SMILES string of the molecule is Cc1cc(C2CN(c3c(Cl)cccc3Cl)C2)cc(C)c1CN1CCC(C(=O)NC2CCC(O)CC2)CC1. The van der Waals surface area contributed by atoms with Gasteiger partial charge in [-0.1, -0.05) is 41.4 Å². The maximum Gasteiger partial charge on any atom is 0.223 e. The minimum atomic E-state index is -0.187. The highest BCUT2D eigenvalue weighted by molar-refractivity contribution is 6.39. The molecule has 2 N–H and O–H groups in total. The van der Waals surface area contributed by atoms with Crippen LogP contribution in [-0.2, 0) is 11.3 Å². The lowest BCUT2D eigenvalue weighted by molar-refractivity contribution is -0.127. The summed E-state index contributed by atoms with van der Waals surface area (Å²) in [4.78, 5) is 17.6. The van der Waals surface area contributed by atoms with E-state index in [0.717, 1.165) is 76.9 Å². The number of aliphatic hydroxyl groups is 1. The Balaban J connectivity index is 1.13. The summed E-state index contributed by atoms with van der Waals surface area (Å²) in [6.07, 6.45) is 5.04. The Bertz CT molecular complexity index is 1070. The lowest BCUT2D eigenvalue weighted by Crippen LogP contribution is -2.45. The van der Waals surface area contributed by atoms with Gasteiger partial charge in [-0.2, -0.15) is 0 Å². The maximum absolute atomic E-state index is 12.8. The molecule has 0 spiro atoms. The molecule has 2 saturated heterocycles. The standard InChI is InChI=1S/C30H39Cl2N3O2/c1-19-14-22(23-16-35(17-23)29-27(31)4-3-5-28(29)32)15-20(2)26(19)18-34-12-10-21(11-13-34)30(37)33-24-6-8-25(36)9-7-24/h3-5,14-15,21,23-25,36H,6-13,16-18H2,1-2H3,(H,33,37). The lowest BCUT2D eigenvalue weighted by Gasteiger charge is -2.42. The van der Waals surface area contributed by atoms with Crippen molar-refractivity contribution in [3.8, 4) is 0 Å². The van der Waals surface area contributed by atoms with Crippen molar-refractivity contribution >= 4 is 34.8 Å². The first-order chi connectivity index (χ1) is 17.8. The van der Waals surface area contributed by atoms with Crippen molar-refractivity contribution in [3.05, 3.63) is 62.6 Å². The van der Waals surface area contributed by atoms with E-state index >= 15 is 0 Å². The smallest absolute Gasteiger partial charge is 0.223 e. The number of nitrogens with one attached hydrogen (secondary N) is 1. The molecule has 0 atom stereocenters. The van der Waals surface area contributed by atoms with Crippen LogP contribution in [0.3, 0.4) is 0 Å². The van der Waals surface area contributed by atoms with Gasteiger partial charge in [0.15, 0.2) is 0 Å². The van der Waals surface area contributed by atoms with Gasteiger partial charge in [0.05, 0.1) is 21.8 Å². The van der Waals surface area contributed by atoms with Gasteiger partial charge < -0.3 is 15.3 Å². The van der Waals surface area contributed by atoms with Crippen LogP contribution in [0.2, 0.25) is 10.0 Å². The van der Waals surface area contributed by atoms with Crippen molar-refractivity contribution < 1.29 is 9.90 Å². The van der Waals surface area contributed by atoms with Gasteiger partial charge >= 0.3 is 0 Å². The number of carbonyl (C=O) groups is 1. The molecule has 0 aromatic heterocycles. The molecule has 1 saturated carbocycles.